The summed E-state index contributed by atoms with van der Waals surface area (Å²) < 4.78 is 15.1. The van der Waals surface area contributed by atoms with Crippen molar-refractivity contribution in [2.24, 2.45) is 0 Å². The predicted molar refractivity (Wildman–Crippen MR) is 105 cm³/mol. The number of non-ortho nitro benzene ring substituents is 1. The van der Waals surface area contributed by atoms with E-state index in [1.807, 2.05) is 12.1 Å². The summed E-state index contributed by atoms with van der Waals surface area (Å²) in [7, 11) is 5.84. The molecule has 9 nitrogen and oxygen atoms in total. The first-order valence-corrected chi connectivity index (χ1v) is 8.64. The van der Waals surface area contributed by atoms with E-state index < -0.39 is 16.8 Å². The Balaban J connectivity index is 2.18. The van der Waals surface area contributed by atoms with E-state index in [2.05, 4.69) is 4.74 Å². The van der Waals surface area contributed by atoms with Crippen molar-refractivity contribution in [1.82, 2.24) is 4.90 Å². The van der Waals surface area contributed by atoms with E-state index in [4.69, 9.17) is 9.47 Å². The van der Waals surface area contributed by atoms with Crippen LogP contribution in [0.25, 0.3) is 0 Å². The monoisotopic (exact) mass is 402 g/mol. The van der Waals surface area contributed by atoms with Gasteiger partial charge in [-0.25, -0.2) is 4.79 Å². The third kappa shape index (κ3) is 5.22. The lowest BCUT2D eigenvalue weighted by atomic mass is 10.1. The van der Waals surface area contributed by atoms with E-state index in [-0.39, 0.29) is 16.8 Å². The molecule has 2 aromatic rings. The number of amides is 1. The number of likely N-dealkylation sites (N-methyl/N-ethyl adjacent to an activating group) is 1. The van der Waals surface area contributed by atoms with Gasteiger partial charge in [-0.1, -0.05) is 6.07 Å². The number of carbonyl (C=O) groups excluding carboxylic acids is 2. The minimum atomic E-state index is -0.754. The lowest BCUT2D eigenvalue weighted by molar-refractivity contribution is -0.384. The van der Waals surface area contributed by atoms with Gasteiger partial charge in [-0.15, -0.1) is 0 Å². The van der Waals surface area contributed by atoms with Crippen LogP contribution in [-0.4, -0.2) is 56.6 Å². The van der Waals surface area contributed by atoms with Crippen LogP contribution in [0, 0.1) is 10.1 Å². The average Bonchev–Trinajstić information content (AvgIpc) is 2.75. The van der Waals surface area contributed by atoms with E-state index in [0.29, 0.717) is 24.5 Å². The number of esters is 1. The van der Waals surface area contributed by atoms with Gasteiger partial charge in [-0.2, -0.15) is 0 Å². The van der Waals surface area contributed by atoms with Crippen LogP contribution in [0.15, 0.2) is 36.4 Å². The maximum atomic E-state index is 12.7. The molecule has 0 fully saturated rings. The molecule has 9 heteroatoms. The molecule has 0 N–H and O–H groups in total. The smallest absolute Gasteiger partial charge is 0.338 e. The van der Waals surface area contributed by atoms with Crippen LogP contribution in [0.5, 0.6) is 11.5 Å². The van der Waals surface area contributed by atoms with E-state index in [1.165, 1.54) is 11.0 Å². The summed E-state index contributed by atoms with van der Waals surface area (Å²) in [6.07, 6.45) is 0.529. The second kappa shape index (κ2) is 9.54. The van der Waals surface area contributed by atoms with Gasteiger partial charge in [0.25, 0.3) is 11.6 Å². The van der Waals surface area contributed by atoms with Gasteiger partial charge >= 0.3 is 5.97 Å². The van der Waals surface area contributed by atoms with Gasteiger partial charge in [0.15, 0.2) is 11.5 Å². The topological polar surface area (TPSA) is 108 Å². The number of benzene rings is 2. The zero-order valence-electron chi connectivity index (χ0n) is 16.6. The minimum Gasteiger partial charge on any atom is -0.493 e. The molecule has 0 heterocycles. The van der Waals surface area contributed by atoms with Crippen molar-refractivity contribution in [3.8, 4) is 11.5 Å². The molecule has 0 saturated carbocycles. The molecule has 0 aromatic heterocycles. The SMILES string of the molecule is COC(=O)c1cc(C(=O)N(C)CCc2ccc(OC)c(OC)c2)cc([N+](=O)[O-])c1. The number of nitro groups is 1. The summed E-state index contributed by atoms with van der Waals surface area (Å²) in [6, 6.07) is 8.96. The zero-order valence-corrected chi connectivity index (χ0v) is 16.6. The molecule has 154 valence electrons. The number of hydrogen-bond acceptors (Lipinski definition) is 7. The van der Waals surface area contributed by atoms with Crippen molar-refractivity contribution in [3.05, 3.63) is 63.2 Å². The van der Waals surface area contributed by atoms with E-state index >= 15 is 0 Å². The highest BCUT2D eigenvalue weighted by molar-refractivity contribution is 5.98. The molecule has 0 bridgehead atoms. The van der Waals surface area contributed by atoms with Crippen molar-refractivity contribution >= 4 is 17.6 Å². The highest BCUT2D eigenvalue weighted by Gasteiger charge is 2.20. The minimum absolute atomic E-state index is 0.0365. The Morgan fingerprint density at radius 3 is 2.24 bits per heavy atom. The Morgan fingerprint density at radius 2 is 1.66 bits per heavy atom. The Morgan fingerprint density at radius 1 is 1.00 bits per heavy atom. The Bertz CT molecular complexity index is 927. The third-order valence-electron chi connectivity index (χ3n) is 4.33. The van der Waals surface area contributed by atoms with Crippen molar-refractivity contribution < 1.29 is 28.7 Å². The largest absolute Gasteiger partial charge is 0.493 e. The number of methoxy groups -OCH3 is 3. The summed E-state index contributed by atoms with van der Waals surface area (Å²) in [5, 5.41) is 11.1. The Kier molecular flexibility index (Phi) is 7.13. The van der Waals surface area contributed by atoms with Crippen molar-refractivity contribution in [2.45, 2.75) is 6.42 Å². The third-order valence-corrected chi connectivity index (χ3v) is 4.33. The molecule has 0 saturated heterocycles. The molecule has 0 atom stereocenters. The van der Waals surface area contributed by atoms with Crippen LogP contribution in [0.1, 0.15) is 26.3 Å². The fraction of sp³-hybridized carbons (Fsp3) is 0.300. The highest BCUT2D eigenvalue weighted by Crippen LogP contribution is 2.27. The summed E-state index contributed by atoms with van der Waals surface area (Å²) in [5.41, 5.74) is 0.550. The van der Waals surface area contributed by atoms with Gasteiger partial charge in [0.2, 0.25) is 0 Å². The van der Waals surface area contributed by atoms with Crippen LogP contribution in [0.4, 0.5) is 5.69 Å². The molecule has 2 aromatic carbocycles. The molecule has 0 aliphatic heterocycles. The first kappa shape index (κ1) is 21.7. The van der Waals surface area contributed by atoms with Crippen LogP contribution >= 0.6 is 0 Å². The number of hydrogen-bond donors (Lipinski definition) is 0. The molecular formula is C20H22N2O7. The molecule has 1 amide bonds. The number of rotatable bonds is 8. The molecule has 0 unspecified atom stereocenters. The number of nitro benzene ring substituents is 1. The maximum absolute atomic E-state index is 12.7. The summed E-state index contributed by atoms with van der Waals surface area (Å²) >= 11 is 0. The second-order valence-electron chi connectivity index (χ2n) is 6.18. The van der Waals surface area contributed by atoms with E-state index in [9.17, 15) is 19.7 Å². The summed E-state index contributed by atoms with van der Waals surface area (Å²) in [4.78, 5) is 36.4. The highest BCUT2D eigenvalue weighted by atomic mass is 16.6. The molecular weight excluding hydrogens is 380 g/mol. The van der Waals surface area contributed by atoms with Crippen molar-refractivity contribution in [2.75, 3.05) is 34.9 Å². The lowest BCUT2D eigenvalue weighted by Crippen LogP contribution is -2.29. The number of carbonyl (C=O) groups is 2. The average molecular weight is 402 g/mol. The van der Waals surface area contributed by atoms with Gasteiger partial charge < -0.3 is 19.1 Å². The molecule has 0 aliphatic carbocycles. The number of ether oxygens (including phenoxy) is 3. The van der Waals surface area contributed by atoms with Gasteiger partial charge in [0.1, 0.15) is 0 Å². The first-order valence-electron chi connectivity index (χ1n) is 8.64. The predicted octanol–water partition coefficient (Wildman–Crippen LogP) is 2.71. The molecule has 2 rings (SSSR count). The molecule has 29 heavy (non-hydrogen) atoms. The summed E-state index contributed by atoms with van der Waals surface area (Å²) in [5.74, 6) is -0.0111. The summed E-state index contributed by atoms with van der Waals surface area (Å²) in [6.45, 7) is 0.352. The van der Waals surface area contributed by atoms with Crippen LogP contribution < -0.4 is 9.47 Å². The fourth-order valence-electron chi connectivity index (χ4n) is 2.73. The lowest BCUT2D eigenvalue weighted by Gasteiger charge is -2.18. The van der Waals surface area contributed by atoms with Gasteiger partial charge in [0, 0.05) is 31.3 Å². The number of nitrogens with zero attached hydrogens (tertiary/aromatic N) is 2. The van der Waals surface area contributed by atoms with Crippen molar-refractivity contribution in [1.29, 1.82) is 0 Å². The van der Waals surface area contributed by atoms with E-state index in [1.54, 1.807) is 27.3 Å². The second-order valence-corrected chi connectivity index (χ2v) is 6.18. The van der Waals surface area contributed by atoms with Crippen molar-refractivity contribution in [3.63, 3.8) is 0 Å². The van der Waals surface area contributed by atoms with Gasteiger partial charge in [-0.05, 0) is 30.2 Å². The zero-order chi connectivity index (χ0) is 21.6. The van der Waals surface area contributed by atoms with E-state index in [0.717, 1.165) is 24.8 Å². The standard InChI is InChI=1S/C20H22N2O7/c1-21(8-7-13-5-6-17(27-2)18(9-13)28-3)19(23)14-10-15(20(24)29-4)12-16(11-14)22(25)26/h5-6,9-12H,7-8H2,1-4H3. The Hall–Kier alpha value is -3.62. The van der Waals surface area contributed by atoms with Crippen LogP contribution in [0.3, 0.4) is 0 Å². The van der Waals surface area contributed by atoms with Gasteiger partial charge in [0.05, 0.1) is 31.8 Å². The molecule has 0 spiro atoms. The quantitative estimate of drug-likeness (QED) is 0.379. The van der Waals surface area contributed by atoms with Crippen LogP contribution in [-0.2, 0) is 11.2 Å². The molecule has 0 aliphatic rings. The molecule has 0 radical (unpaired) electrons. The Labute approximate surface area is 167 Å². The van der Waals surface area contributed by atoms with Crippen LogP contribution in [0.2, 0.25) is 0 Å². The normalized spacial score (nSPS) is 10.2. The fourth-order valence-corrected chi connectivity index (χ4v) is 2.73. The van der Waals surface area contributed by atoms with Gasteiger partial charge in [-0.3, -0.25) is 14.9 Å². The maximum Gasteiger partial charge on any atom is 0.338 e. The first-order chi connectivity index (χ1) is 13.8.